The van der Waals surface area contributed by atoms with Crippen molar-refractivity contribution in [3.8, 4) is 0 Å². The maximum absolute atomic E-state index is 12.9. The summed E-state index contributed by atoms with van der Waals surface area (Å²) in [6, 6.07) is 5.31. The highest BCUT2D eigenvalue weighted by molar-refractivity contribution is 7.80. The van der Waals surface area contributed by atoms with Gasteiger partial charge in [-0.3, -0.25) is 14.5 Å². The van der Waals surface area contributed by atoms with Crippen LogP contribution in [0.3, 0.4) is 0 Å². The van der Waals surface area contributed by atoms with Gasteiger partial charge in [0, 0.05) is 6.54 Å². The molecule has 1 fully saturated rings. The van der Waals surface area contributed by atoms with Crippen LogP contribution in [0.15, 0.2) is 24.3 Å². The lowest BCUT2D eigenvalue weighted by atomic mass is 9.91. The topological polar surface area (TPSA) is 49.9 Å². The van der Waals surface area contributed by atoms with Crippen molar-refractivity contribution in [2.45, 2.75) is 18.6 Å². The fourth-order valence-corrected chi connectivity index (χ4v) is 3.22. The zero-order valence-corrected chi connectivity index (χ0v) is 13.2. The molecule has 1 saturated heterocycles. The molecule has 2 aliphatic rings. The summed E-state index contributed by atoms with van der Waals surface area (Å²) in [7, 11) is 0. The van der Waals surface area contributed by atoms with Crippen LogP contribution in [-0.2, 0) is 20.7 Å². The maximum atomic E-state index is 12.9. The Balaban J connectivity index is 2.02. The van der Waals surface area contributed by atoms with E-state index in [1.54, 1.807) is 24.3 Å². The fourth-order valence-electron chi connectivity index (χ4n) is 2.96. The number of amides is 2. The van der Waals surface area contributed by atoms with Crippen LogP contribution in [-0.4, -0.2) is 52.7 Å². The van der Waals surface area contributed by atoms with Crippen molar-refractivity contribution in [1.29, 1.82) is 0 Å². The van der Waals surface area contributed by atoms with Gasteiger partial charge in [0.25, 0.3) is 11.1 Å². The molecule has 1 aromatic carbocycles. The quantitative estimate of drug-likeness (QED) is 0.719. The number of rotatable bonds is 1. The van der Waals surface area contributed by atoms with E-state index in [9.17, 15) is 22.8 Å². The normalized spacial score (nSPS) is 20.6. The Morgan fingerprint density at radius 1 is 1.21 bits per heavy atom. The molecule has 128 valence electrons. The average Bonchev–Trinajstić information content (AvgIpc) is 2.97. The van der Waals surface area contributed by atoms with Gasteiger partial charge >= 0.3 is 12.1 Å². The molecule has 0 aromatic heterocycles. The Labute approximate surface area is 141 Å². The Morgan fingerprint density at radius 3 is 2.54 bits per heavy atom. The molecular formula is C15H13F3N2O3S. The average molecular weight is 358 g/mol. The Morgan fingerprint density at radius 2 is 1.92 bits per heavy atom. The van der Waals surface area contributed by atoms with Gasteiger partial charge in [-0.15, -0.1) is 0 Å². The zero-order valence-electron chi connectivity index (χ0n) is 12.4. The summed E-state index contributed by atoms with van der Waals surface area (Å²) in [5.74, 6) is -2.70. The Kier molecular flexibility index (Phi) is 4.20. The number of thiocarbonyl (C=S) groups is 1. The van der Waals surface area contributed by atoms with E-state index in [1.165, 1.54) is 0 Å². The van der Waals surface area contributed by atoms with E-state index in [4.69, 9.17) is 17.0 Å². The Hall–Kier alpha value is -2.16. The molecule has 0 spiro atoms. The van der Waals surface area contributed by atoms with Crippen LogP contribution < -0.4 is 0 Å². The highest BCUT2D eigenvalue weighted by atomic mass is 32.1. The fraction of sp³-hybridized carbons (Fsp3) is 0.400. The number of carbonyl (C=O) groups excluding carboxylic acids is 2. The summed E-state index contributed by atoms with van der Waals surface area (Å²) in [5, 5.41) is -0.0811. The third-order valence-corrected chi connectivity index (χ3v) is 4.39. The number of nitrogens with zero attached hydrogens (tertiary/aromatic N) is 2. The van der Waals surface area contributed by atoms with E-state index in [-0.39, 0.29) is 31.3 Å². The van der Waals surface area contributed by atoms with E-state index in [2.05, 4.69) is 0 Å². The second-order valence-corrected chi connectivity index (χ2v) is 5.80. The van der Waals surface area contributed by atoms with E-state index >= 15 is 0 Å². The van der Waals surface area contributed by atoms with E-state index < -0.39 is 24.0 Å². The van der Waals surface area contributed by atoms with Crippen molar-refractivity contribution in [3.63, 3.8) is 0 Å². The molecule has 1 unspecified atom stereocenters. The molecule has 1 atom stereocenters. The molecule has 9 heteroatoms. The van der Waals surface area contributed by atoms with Gasteiger partial charge in [0.05, 0.1) is 6.54 Å². The minimum absolute atomic E-state index is 0.0811. The van der Waals surface area contributed by atoms with Gasteiger partial charge in [-0.05, 0) is 29.8 Å². The molecule has 0 radical (unpaired) electrons. The summed E-state index contributed by atoms with van der Waals surface area (Å²) in [6.07, 6.45) is -4.80. The summed E-state index contributed by atoms with van der Waals surface area (Å²) in [6.45, 7) is 0.157. The number of hydrogen-bond donors (Lipinski definition) is 0. The van der Waals surface area contributed by atoms with E-state index in [0.717, 1.165) is 10.5 Å². The minimum atomic E-state index is -5.05. The molecular weight excluding hydrogens is 345 g/mol. The van der Waals surface area contributed by atoms with Crippen molar-refractivity contribution >= 4 is 29.2 Å². The van der Waals surface area contributed by atoms with Crippen molar-refractivity contribution in [2.75, 3.05) is 19.7 Å². The number of hydrogen-bond acceptors (Lipinski definition) is 4. The molecule has 2 aliphatic heterocycles. The van der Waals surface area contributed by atoms with Crippen molar-refractivity contribution in [3.05, 3.63) is 35.4 Å². The number of benzene rings is 1. The first-order chi connectivity index (χ1) is 11.3. The first kappa shape index (κ1) is 16.7. The highest BCUT2D eigenvalue weighted by Crippen LogP contribution is 2.34. The van der Waals surface area contributed by atoms with E-state index in [1.807, 2.05) is 0 Å². The van der Waals surface area contributed by atoms with Gasteiger partial charge in [0.2, 0.25) is 0 Å². The summed E-state index contributed by atoms with van der Waals surface area (Å²) in [4.78, 5) is 26.3. The molecule has 1 aromatic rings. The van der Waals surface area contributed by atoms with Crippen LogP contribution >= 0.6 is 12.2 Å². The SMILES string of the molecule is O=C(C1c2ccccc2CCN1C(=O)C(F)(F)F)N1CCOC1=S. The molecule has 2 amide bonds. The van der Waals surface area contributed by atoms with Crippen LogP contribution in [0, 0.1) is 0 Å². The first-order valence-electron chi connectivity index (χ1n) is 7.24. The maximum Gasteiger partial charge on any atom is 0.471 e. The van der Waals surface area contributed by atoms with Crippen molar-refractivity contribution < 1.29 is 27.5 Å². The Bertz CT molecular complexity index is 707. The molecule has 0 aliphatic carbocycles. The molecule has 3 rings (SSSR count). The van der Waals surface area contributed by atoms with Crippen LogP contribution in [0.4, 0.5) is 13.2 Å². The van der Waals surface area contributed by atoms with Crippen LogP contribution in [0.1, 0.15) is 17.2 Å². The van der Waals surface area contributed by atoms with Gasteiger partial charge < -0.3 is 9.64 Å². The summed E-state index contributed by atoms with van der Waals surface area (Å²) < 4.78 is 43.8. The summed E-state index contributed by atoms with van der Waals surface area (Å²) in [5.41, 5.74) is 1.13. The largest absolute Gasteiger partial charge is 0.471 e. The van der Waals surface area contributed by atoms with Crippen LogP contribution in [0.2, 0.25) is 0 Å². The van der Waals surface area contributed by atoms with Gasteiger partial charge in [-0.2, -0.15) is 13.2 Å². The lowest BCUT2D eigenvalue weighted by Gasteiger charge is -2.37. The molecule has 5 nitrogen and oxygen atoms in total. The predicted molar refractivity (Wildman–Crippen MR) is 80.9 cm³/mol. The third kappa shape index (κ3) is 2.83. The van der Waals surface area contributed by atoms with Gasteiger partial charge in [0.15, 0.2) is 0 Å². The molecule has 0 saturated carbocycles. The lowest BCUT2D eigenvalue weighted by molar-refractivity contribution is -0.189. The van der Waals surface area contributed by atoms with Crippen LogP contribution in [0.25, 0.3) is 0 Å². The highest BCUT2D eigenvalue weighted by Gasteiger charge is 2.49. The number of alkyl halides is 3. The zero-order chi connectivity index (χ0) is 17.5. The van der Waals surface area contributed by atoms with E-state index in [0.29, 0.717) is 10.5 Å². The monoisotopic (exact) mass is 358 g/mol. The van der Waals surface area contributed by atoms with Gasteiger partial charge in [0.1, 0.15) is 12.6 Å². The second kappa shape index (κ2) is 6.04. The lowest BCUT2D eigenvalue weighted by Crippen LogP contribution is -2.52. The molecule has 2 heterocycles. The first-order valence-corrected chi connectivity index (χ1v) is 7.65. The van der Waals surface area contributed by atoms with Gasteiger partial charge in [-0.1, -0.05) is 24.3 Å². The number of carbonyl (C=O) groups is 2. The standard InChI is InChI=1S/C15H13F3N2O3S/c16-15(17,18)13(22)19-6-5-9-3-1-2-4-10(9)11(19)12(21)20-7-8-23-14(20)24/h1-4,11H,5-8H2. The van der Waals surface area contributed by atoms with Crippen molar-refractivity contribution in [1.82, 2.24) is 9.80 Å². The van der Waals surface area contributed by atoms with Gasteiger partial charge in [-0.25, -0.2) is 0 Å². The summed E-state index contributed by atoms with van der Waals surface area (Å²) >= 11 is 4.92. The minimum Gasteiger partial charge on any atom is -0.469 e. The third-order valence-electron chi connectivity index (χ3n) is 4.05. The van der Waals surface area contributed by atoms with Crippen molar-refractivity contribution in [2.24, 2.45) is 0 Å². The second-order valence-electron chi connectivity index (χ2n) is 5.45. The molecule has 0 bridgehead atoms. The number of ether oxygens (including phenoxy) is 1. The number of fused-ring (bicyclic) bond motifs is 1. The molecule has 0 N–H and O–H groups in total. The molecule has 24 heavy (non-hydrogen) atoms. The van der Waals surface area contributed by atoms with Crippen LogP contribution in [0.5, 0.6) is 0 Å². The smallest absolute Gasteiger partial charge is 0.469 e. The predicted octanol–water partition coefficient (Wildman–Crippen LogP) is 1.82. The number of halogens is 3.